The van der Waals surface area contributed by atoms with E-state index in [2.05, 4.69) is 0 Å². The van der Waals surface area contributed by atoms with Gasteiger partial charge in [-0.25, -0.2) is 0 Å². The van der Waals surface area contributed by atoms with Crippen molar-refractivity contribution >= 4 is 6.29 Å². The molecule has 0 bridgehead atoms. The van der Waals surface area contributed by atoms with Gasteiger partial charge >= 0.3 is 0 Å². The Morgan fingerprint density at radius 1 is 1.50 bits per heavy atom. The summed E-state index contributed by atoms with van der Waals surface area (Å²) >= 11 is 0. The van der Waals surface area contributed by atoms with E-state index in [1.807, 2.05) is 13.8 Å². The van der Waals surface area contributed by atoms with E-state index in [1.165, 1.54) is 6.26 Å². The van der Waals surface area contributed by atoms with Gasteiger partial charge in [0, 0.05) is 5.57 Å². The number of allylic oxidation sites excluding steroid dienone is 1. The number of ether oxygens (including phenoxy) is 1. The Balaban J connectivity index is 3.66. The van der Waals surface area contributed by atoms with Crippen LogP contribution in [0.25, 0.3) is 0 Å². The first kappa shape index (κ1) is 9.21. The summed E-state index contributed by atoms with van der Waals surface area (Å²) in [4.78, 5) is 10.3. The summed E-state index contributed by atoms with van der Waals surface area (Å²) in [6.07, 6.45) is 4.18. The van der Waals surface area contributed by atoms with Gasteiger partial charge in [0.2, 0.25) is 0 Å². The normalized spacial score (nSPS) is 11.2. The van der Waals surface area contributed by atoms with Gasteiger partial charge in [-0.3, -0.25) is 4.79 Å². The predicted octanol–water partition coefficient (Wildman–Crippen LogP) is 1.91. The van der Waals surface area contributed by atoms with E-state index < -0.39 is 0 Å². The first-order chi connectivity index (χ1) is 4.85. The molecule has 0 unspecified atom stereocenters. The van der Waals surface area contributed by atoms with Gasteiger partial charge in [-0.05, 0) is 13.3 Å². The molecule has 0 N–H and O–H groups in total. The maximum absolute atomic E-state index is 10.3. The molecule has 58 valence electrons. The number of hydrogen-bond acceptors (Lipinski definition) is 2. The number of hydrogen-bond donors (Lipinski definition) is 0. The smallest absolute Gasteiger partial charge is 0.149 e. The summed E-state index contributed by atoms with van der Waals surface area (Å²) < 4.78 is 4.95. The van der Waals surface area contributed by atoms with Gasteiger partial charge in [0.25, 0.3) is 0 Å². The Morgan fingerprint density at radius 3 is 2.60 bits per heavy atom. The first-order valence-electron chi connectivity index (χ1n) is 3.61. The zero-order chi connectivity index (χ0) is 7.82. The van der Waals surface area contributed by atoms with Crippen LogP contribution in [0, 0.1) is 0 Å². The summed E-state index contributed by atoms with van der Waals surface area (Å²) in [6.45, 7) is 4.55. The average Bonchev–Trinajstić information content (AvgIpc) is 1.98. The second-order valence-corrected chi connectivity index (χ2v) is 2.02. The standard InChI is InChI=1S/C8H14O2/c1-3-5-8(6-9)7-10-4-2/h6-7H,3-5H2,1-2H3/b8-7-. The average molecular weight is 142 g/mol. The molecule has 0 aromatic rings. The van der Waals surface area contributed by atoms with Gasteiger partial charge < -0.3 is 4.74 Å². The van der Waals surface area contributed by atoms with Crippen LogP contribution in [-0.2, 0) is 9.53 Å². The lowest BCUT2D eigenvalue weighted by Crippen LogP contribution is -1.87. The molecule has 2 heteroatoms. The number of aldehydes is 1. The second-order valence-electron chi connectivity index (χ2n) is 2.02. The zero-order valence-corrected chi connectivity index (χ0v) is 6.59. The molecule has 0 saturated heterocycles. The lowest BCUT2D eigenvalue weighted by molar-refractivity contribution is -0.105. The number of rotatable bonds is 5. The van der Waals surface area contributed by atoms with Crippen LogP contribution in [0.3, 0.4) is 0 Å². The van der Waals surface area contributed by atoms with E-state index in [1.54, 1.807) is 0 Å². The van der Waals surface area contributed by atoms with Crippen LogP contribution in [0.2, 0.25) is 0 Å². The van der Waals surface area contributed by atoms with E-state index in [9.17, 15) is 4.79 Å². The van der Waals surface area contributed by atoms with Crippen LogP contribution in [-0.4, -0.2) is 12.9 Å². The molecule has 0 aliphatic rings. The third-order valence-electron chi connectivity index (χ3n) is 1.09. The molecule has 0 aromatic heterocycles. The summed E-state index contributed by atoms with van der Waals surface area (Å²) in [5.41, 5.74) is 0.740. The fourth-order valence-corrected chi connectivity index (χ4v) is 0.625. The zero-order valence-electron chi connectivity index (χ0n) is 6.59. The van der Waals surface area contributed by atoms with Crippen LogP contribution in [0.1, 0.15) is 26.7 Å². The SMILES string of the molecule is CCC/C(C=O)=C/OCC. The van der Waals surface area contributed by atoms with Crippen molar-refractivity contribution in [3.8, 4) is 0 Å². The Morgan fingerprint density at radius 2 is 2.20 bits per heavy atom. The highest BCUT2D eigenvalue weighted by Gasteiger charge is 1.91. The van der Waals surface area contributed by atoms with Crippen molar-refractivity contribution in [2.75, 3.05) is 6.61 Å². The van der Waals surface area contributed by atoms with Crippen molar-refractivity contribution in [1.82, 2.24) is 0 Å². The van der Waals surface area contributed by atoms with Crippen molar-refractivity contribution in [3.63, 3.8) is 0 Å². The van der Waals surface area contributed by atoms with E-state index in [0.29, 0.717) is 6.61 Å². The molecule has 0 amide bonds. The third kappa shape index (κ3) is 4.13. The molecule has 0 rings (SSSR count). The van der Waals surface area contributed by atoms with Crippen molar-refractivity contribution in [2.45, 2.75) is 26.7 Å². The fraction of sp³-hybridized carbons (Fsp3) is 0.625. The maximum Gasteiger partial charge on any atom is 0.149 e. The Hall–Kier alpha value is -0.790. The molecule has 0 saturated carbocycles. The Labute approximate surface area is 61.9 Å². The van der Waals surface area contributed by atoms with Gasteiger partial charge in [-0.2, -0.15) is 0 Å². The number of carbonyl (C=O) groups is 1. The van der Waals surface area contributed by atoms with E-state index in [0.717, 1.165) is 24.7 Å². The summed E-state index contributed by atoms with van der Waals surface area (Å²) in [5, 5.41) is 0. The molecular formula is C8H14O2. The van der Waals surface area contributed by atoms with Gasteiger partial charge in [-0.1, -0.05) is 13.3 Å². The van der Waals surface area contributed by atoms with Gasteiger partial charge in [0.05, 0.1) is 12.9 Å². The first-order valence-corrected chi connectivity index (χ1v) is 3.61. The third-order valence-corrected chi connectivity index (χ3v) is 1.09. The van der Waals surface area contributed by atoms with E-state index in [-0.39, 0.29) is 0 Å². The summed E-state index contributed by atoms with van der Waals surface area (Å²) in [5.74, 6) is 0. The molecule has 0 aliphatic carbocycles. The minimum absolute atomic E-state index is 0.626. The monoisotopic (exact) mass is 142 g/mol. The highest BCUT2D eigenvalue weighted by molar-refractivity contribution is 5.72. The summed E-state index contributed by atoms with van der Waals surface area (Å²) in [7, 11) is 0. The van der Waals surface area contributed by atoms with Crippen LogP contribution in [0.5, 0.6) is 0 Å². The van der Waals surface area contributed by atoms with Crippen molar-refractivity contribution in [2.24, 2.45) is 0 Å². The van der Waals surface area contributed by atoms with E-state index >= 15 is 0 Å². The fourth-order valence-electron chi connectivity index (χ4n) is 0.625. The molecule has 0 radical (unpaired) electrons. The van der Waals surface area contributed by atoms with Crippen LogP contribution >= 0.6 is 0 Å². The highest BCUT2D eigenvalue weighted by Crippen LogP contribution is 2.00. The Bertz CT molecular complexity index is 116. The molecule has 0 spiro atoms. The largest absolute Gasteiger partial charge is 0.501 e. The quantitative estimate of drug-likeness (QED) is 0.333. The molecule has 0 heterocycles. The van der Waals surface area contributed by atoms with Gasteiger partial charge in [0.15, 0.2) is 0 Å². The molecule has 0 fully saturated rings. The topological polar surface area (TPSA) is 26.3 Å². The molecule has 0 atom stereocenters. The van der Waals surface area contributed by atoms with Crippen LogP contribution in [0.15, 0.2) is 11.8 Å². The lowest BCUT2D eigenvalue weighted by atomic mass is 10.2. The molecule has 2 nitrogen and oxygen atoms in total. The van der Waals surface area contributed by atoms with Crippen molar-refractivity contribution < 1.29 is 9.53 Å². The van der Waals surface area contributed by atoms with E-state index in [4.69, 9.17) is 4.74 Å². The number of carbonyl (C=O) groups excluding carboxylic acids is 1. The molecule has 0 aliphatic heterocycles. The van der Waals surface area contributed by atoms with Gasteiger partial charge in [-0.15, -0.1) is 0 Å². The van der Waals surface area contributed by atoms with Crippen LogP contribution < -0.4 is 0 Å². The van der Waals surface area contributed by atoms with Crippen molar-refractivity contribution in [1.29, 1.82) is 0 Å². The second kappa shape index (κ2) is 6.33. The van der Waals surface area contributed by atoms with Gasteiger partial charge in [0.1, 0.15) is 6.29 Å². The maximum atomic E-state index is 10.3. The lowest BCUT2D eigenvalue weighted by Gasteiger charge is -1.96. The minimum atomic E-state index is 0.626. The predicted molar refractivity (Wildman–Crippen MR) is 40.7 cm³/mol. The van der Waals surface area contributed by atoms with Crippen molar-refractivity contribution in [3.05, 3.63) is 11.8 Å². The molecule has 0 aromatic carbocycles. The Kier molecular flexibility index (Phi) is 5.83. The highest BCUT2D eigenvalue weighted by atomic mass is 16.5. The van der Waals surface area contributed by atoms with Crippen LogP contribution in [0.4, 0.5) is 0 Å². The minimum Gasteiger partial charge on any atom is -0.501 e. The molecular weight excluding hydrogens is 128 g/mol. The molecule has 10 heavy (non-hydrogen) atoms. The summed E-state index contributed by atoms with van der Waals surface area (Å²) in [6, 6.07) is 0.